The first-order valence-electron chi connectivity index (χ1n) is 8.58. The predicted octanol–water partition coefficient (Wildman–Crippen LogP) is 3.69. The molecule has 0 unspecified atom stereocenters. The van der Waals surface area contributed by atoms with Crippen molar-refractivity contribution in [1.82, 2.24) is 0 Å². The first-order valence-corrected chi connectivity index (χ1v) is 8.58. The van der Waals surface area contributed by atoms with E-state index in [4.69, 9.17) is 10.00 Å². The summed E-state index contributed by atoms with van der Waals surface area (Å²) >= 11 is 0. The van der Waals surface area contributed by atoms with E-state index in [9.17, 15) is 14.4 Å². The lowest BCUT2D eigenvalue weighted by Crippen LogP contribution is -2.24. The Morgan fingerprint density at radius 3 is 2.14 bits per heavy atom. The minimum Gasteiger partial charge on any atom is -0.457 e. The van der Waals surface area contributed by atoms with Gasteiger partial charge in [0.2, 0.25) is 0 Å². The summed E-state index contributed by atoms with van der Waals surface area (Å²) in [4.78, 5) is 38.3. The van der Waals surface area contributed by atoms with Gasteiger partial charge in [0.1, 0.15) is 6.61 Å². The third-order valence-corrected chi connectivity index (χ3v) is 4.63. The van der Waals surface area contributed by atoms with E-state index in [1.165, 1.54) is 6.07 Å². The van der Waals surface area contributed by atoms with E-state index in [1.807, 2.05) is 6.07 Å². The topological polar surface area (TPSA) is 84.2 Å². The number of ether oxygens (including phenoxy) is 1. The molecular weight excluding hydrogens is 354 g/mol. The largest absolute Gasteiger partial charge is 0.457 e. The van der Waals surface area contributed by atoms with Crippen LogP contribution in [0.4, 0.5) is 0 Å². The number of nitrogens with zero attached hydrogens (tertiary/aromatic N) is 1. The Kier molecular flexibility index (Phi) is 4.30. The Balaban J connectivity index is 1.64. The third-order valence-electron chi connectivity index (χ3n) is 4.63. The van der Waals surface area contributed by atoms with Gasteiger partial charge in [-0.1, -0.05) is 48.5 Å². The van der Waals surface area contributed by atoms with Gasteiger partial charge in [0.15, 0.2) is 11.6 Å². The summed E-state index contributed by atoms with van der Waals surface area (Å²) < 4.78 is 5.34. The number of esters is 1. The van der Waals surface area contributed by atoms with Gasteiger partial charge in [-0.3, -0.25) is 9.59 Å². The number of carbonyl (C=O) groups excluding carboxylic acids is 3. The van der Waals surface area contributed by atoms with Gasteiger partial charge >= 0.3 is 5.97 Å². The maximum Gasteiger partial charge on any atom is 0.339 e. The number of hydrogen-bond acceptors (Lipinski definition) is 5. The van der Waals surface area contributed by atoms with E-state index in [2.05, 4.69) is 0 Å². The lowest BCUT2D eigenvalue weighted by molar-refractivity contribution is 0.0470. The van der Waals surface area contributed by atoms with Crippen LogP contribution in [0, 0.1) is 11.3 Å². The van der Waals surface area contributed by atoms with E-state index in [-0.39, 0.29) is 40.4 Å². The van der Waals surface area contributed by atoms with Crippen molar-refractivity contribution in [2.75, 3.05) is 0 Å². The fourth-order valence-electron chi connectivity index (χ4n) is 3.22. The van der Waals surface area contributed by atoms with Crippen LogP contribution >= 0.6 is 0 Å². The maximum absolute atomic E-state index is 12.9. The summed E-state index contributed by atoms with van der Waals surface area (Å²) in [6.45, 7) is -0.00701. The van der Waals surface area contributed by atoms with Crippen LogP contribution in [0.15, 0.2) is 66.7 Å². The summed E-state index contributed by atoms with van der Waals surface area (Å²) in [5.74, 6) is -1.33. The Hall–Kier alpha value is -4.04. The number of ketones is 2. The van der Waals surface area contributed by atoms with Crippen molar-refractivity contribution in [2.24, 2.45) is 0 Å². The van der Waals surface area contributed by atoms with E-state index < -0.39 is 5.97 Å². The Morgan fingerprint density at radius 1 is 0.821 bits per heavy atom. The lowest BCUT2D eigenvalue weighted by atomic mass is 9.82. The smallest absolute Gasteiger partial charge is 0.339 e. The van der Waals surface area contributed by atoms with Crippen LogP contribution in [0.1, 0.15) is 53.3 Å². The van der Waals surface area contributed by atoms with Gasteiger partial charge in [-0.15, -0.1) is 0 Å². The fourth-order valence-corrected chi connectivity index (χ4v) is 3.22. The van der Waals surface area contributed by atoms with Gasteiger partial charge in [-0.25, -0.2) is 4.79 Å². The van der Waals surface area contributed by atoms with E-state index in [0.717, 1.165) is 0 Å². The molecule has 1 aliphatic rings. The quantitative estimate of drug-likeness (QED) is 0.516. The Labute approximate surface area is 160 Å². The predicted molar refractivity (Wildman–Crippen MR) is 100 cm³/mol. The van der Waals surface area contributed by atoms with Crippen molar-refractivity contribution in [1.29, 1.82) is 5.26 Å². The molecule has 0 amide bonds. The minimum absolute atomic E-state index is 0.00701. The van der Waals surface area contributed by atoms with E-state index in [1.54, 1.807) is 60.7 Å². The van der Waals surface area contributed by atoms with Crippen LogP contribution < -0.4 is 0 Å². The van der Waals surface area contributed by atoms with Crippen LogP contribution in [0.25, 0.3) is 0 Å². The Morgan fingerprint density at radius 2 is 1.46 bits per heavy atom. The number of hydrogen-bond donors (Lipinski definition) is 0. The molecular formula is C23H13NO4. The summed E-state index contributed by atoms with van der Waals surface area (Å²) in [6, 6.07) is 19.8. The number of fused-ring (bicyclic) bond motifs is 2. The highest BCUT2D eigenvalue weighted by atomic mass is 16.5. The molecule has 0 fully saturated rings. The van der Waals surface area contributed by atoms with Crippen molar-refractivity contribution >= 4 is 17.5 Å². The van der Waals surface area contributed by atoms with Gasteiger partial charge in [-0.2, -0.15) is 5.26 Å². The highest BCUT2D eigenvalue weighted by molar-refractivity contribution is 6.30. The highest BCUT2D eigenvalue weighted by Gasteiger charge is 2.33. The van der Waals surface area contributed by atoms with Crippen LogP contribution in [0.5, 0.6) is 0 Å². The molecule has 4 rings (SSSR count). The van der Waals surface area contributed by atoms with Crippen molar-refractivity contribution in [3.05, 3.63) is 106 Å². The van der Waals surface area contributed by atoms with Crippen molar-refractivity contribution < 1.29 is 19.1 Å². The lowest BCUT2D eigenvalue weighted by Gasteiger charge is -2.19. The number of benzene rings is 3. The molecule has 5 heteroatoms. The maximum atomic E-state index is 12.9. The van der Waals surface area contributed by atoms with Crippen molar-refractivity contribution in [3.8, 4) is 6.07 Å². The summed E-state index contributed by atoms with van der Waals surface area (Å²) in [7, 11) is 0. The standard InChI is InChI=1S/C23H13NO4/c24-12-14-8-10-15(11-9-14)13-28-23(27)19-7-3-6-18-20(19)22(26)17-5-2-1-4-16(17)21(18)25/h1-11H,13H2. The van der Waals surface area contributed by atoms with Crippen LogP contribution in [0.3, 0.4) is 0 Å². The summed E-state index contributed by atoms with van der Waals surface area (Å²) in [5.41, 5.74) is 2.20. The molecule has 28 heavy (non-hydrogen) atoms. The molecule has 1 aliphatic carbocycles. The first-order chi connectivity index (χ1) is 13.6. The second kappa shape index (κ2) is 6.93. The molecule has 3 aromatic carbocycles. The average molecular weight is 367 g/mol. The molecule has 0 radical (unpaired) electrons. The second-order valence-electron chi connectivity index (χ2n) is 6.32. The van der Waals surface area contributed by atoms with Crippen LogP contribution in [-0.4, -0.2) is 17.5 Å². The second-order valence-corrected chi connectivity index (χ2v) is 6.32. The SMILES string of the molecule is N#Cc1ccc(COC(=O)c2cccc3c2C(=O)c2ccccc2C3=O)cc1. The molecule has 0 spiro atoms. The Bertz CT molecular complexity index is 1170. The number of nitriles is 1. The zero-order valence-electron chi connectivity index (χ0n) is 14.6. The molecule has 0 saturated heterocycles. The van der Waals surface area contributed by atoms with Gasteiger partial charge in [0.05, 0.1) is 17.2 Å². The van der Waals surface area contributed by atoms with Crippen molar-refractivity contribution in [3.63, 3.8) is 0 Å². The van der Waals surface area contributed by atoms with Gasteiger partial charge in [0.25, 0.3) is 0 Å². The molecule has 0 bridgehead atoms. The molecule has 0 N–H and O–H groups in total. The minimum atomic E-state index is -0.679. The number of carbonyl (C=O) groups is 3. The first kappa shape index (κ1) is 17.4. The molecule has 0 heterocycles. The zero-order valence-corrected chi connectivity index (χ0v) is 14.6. The monoisotopic (exact) mass is 367 g/mol. The van der Waals surface area contributed by atoms with Gasteiger partial charge in [-0.05, 0) is 23.8 Å². The molecule has 5 nitrogen and oxygen atoms in total. The van der Waals surface area contributed by atoms with Gasteiger partial charge in [0, 0.05) is 22.3 Å². The average Bonchev–Trinajstić information content (AvgIpc) is 2.75. The third kappa shape index (κ3) is 2.87. The molecule has 0 saturated carbocycles. The van der Waals surface area contributed by atoms with Crippen LogP contribution in [0.2, 0.25) is 0 Å². The molecule has 134 valence electrons. The van der Waals surface area contributed by atoms with Gasteiger partial charge < -0.3 is 4.74 Å². The summed E-state index contributed by atoms with van der Waals surface area (Å²) in [5, 5.41) is 8.83. The molecule has 3 aromatic rings. The summed E-state index contributed by atoms with van der Waals surface area (Å²) in [6.07, 6.45) is 0. The van der Waals surface area contributed by atoms with E-state index in [0.29, 0.717) is 16.7 Å². The molecule has 0 aromatic heterocycles. The van der Waals surface area contributed by atoms with Crippen LogP contribution in [-0.2, 0) is 11.3 Å². The van der Waals surface area contributed by atoms with E-state index >= 15 is 0 Å². The molecule has 0 atom stereocenters. The normalized spacial score (nSPS) is 12.0. The number of rotatable bonds is 3. The fraction of sp³-hybridized carbons (Fsp3) is 0.0435. The molecule has 0 aliphatic heterocycles. The highest BCUT2D eigenvalue weighted by Crippen LogP contribution is 2.29. The zero-order chi connectivity index (χ0) is 19.7. The van der Waals surface area contributed by atoms with Crippen molar-refractivity contribution in [2.45, 2.75) is 6.61 Å².